The lowest BCUT2D eigenvalue weighted by Gasteiger charge is -2.12. The van der Waals surface area contributed by atoms with Gasteiger partial charge in [-0.2, -0.15) is 0 Å². The number of nitrogens with zero attached hydrogens (tertiary/aromatic N) is 2. The number of aromatic nitrogens is 2. The highest BCUT2D eigenvalue weighted by atomic mass is 79.9. The molecule has 0 saturated carbocycles. The third-order valence-corrected chi connectivity index (χ3v) is 3.59. The highest BCUT2D eigenvalue weighted by Gasteiger charge is 2.09. The Bertz CT molecular complexity index is 534. The van der Waals surface area contributed by atoms with Crippen molar-refractivity contribution in [3.8, 4) is 5.69 Å². The Labute approximate surface area is 116 Å². The zero-order valence-corrected chi connectivity index (χ0v) is 12.2. The van der Waals surface area contributed by atoms with Gasteiger partial charge in [-0.3, -0.25) is 0 Å². The Morgan fingerprint density at radius 3 is 2.83 bits per heavy atom. The number of halogens is 1. The molecule has 1 aromatic heterocycles. The molecule has 96 valence electrons. The largest absolute Gasteiger partial charge is 0.389 e. The number of hydrogen-bond acceptors (Lipinski definition) is 2. The lowest BCUT2D eigenvalue weighted by molar-refractivity contribution is 0.198. The van der Waals surface area contributed by atoms with Gasteiger partial charge in [0.1, 0.15) is 5.82 Å². The first-order valence-electron chi connectivity index (χ1n) is 6.13. The number of aliphatic hydroxyl groups is 1. The van der Waals surface area contributed by atoms with Gasteiger partial charge >= 0.3 is 0 Å². The van der Waals surface area contributed by atoms with Gasteiger partial charge in [0.15, 0.2) is 0 Å². The zero-order chi connectivity index (χ0) is 13.1. The van der Waals surface area contributed by atoms with Gasteiger partial charge in [0.25, 0.3) is 0 Å². The van der Waals surface area contributed by atoms with Crippen molar-refractivity contribution >= 4 is 15.9 Å². The van der Waals surface area contributed by atoms with Gasteiger partial charge in [0, 0.05) is 29.0 Å². The standard InChI is InChI=1S/C14H17BrN2O/c1-3-4-14-16-7-8-17(14)11-5-6-12(10(2)18)13(15)9-11/h5-10,18H,3-4H2,1-2H3/t10-/m1/s1. The number of rotatable bonds is 4. The van der Waals surface area contributed by atoms with Crippen molar-refractivity contribution in [2.75, 3.05) is 0 Å². The third kappa shape index (κ3) is 2.65. The van der Waals surface area contributed by atoms with Crippen molar-refractivity contribution in [1.29, 1.82) is 0 Å². The summed E-state index contributed by atoms with van der Waals surface area (Å²) in [5.74, 6) is 1.06. The van der Waals surface area contributed by atoms with Gasteiger partial charge in [-0.1, -0.05) is 28.9 Å². The first-order chi connectivity index (χ1) is 8.63. The SMILES string of the molecule is CCCc1nccn1-c1ccc([C@@H](C)O)c(Br)c1. The van der Waals surface area contributed by atoms with Crippen LogP contribution in [0.25, 0.3) is 5.69 Å². The molecule has 0 bridgehead atoms. The summed E-state index contributed by atoms with van der Waals surface area (Å²) in [6.07, 6.45) is 5.36. The Balaban J connectivity index is 2.39. The lowest BCUT2D eigenvalue weighted by Crippen LogP contribution is -2.01. The molecule has 1 aromatic carbocycles. The highest BCUT2D eigenvalue weighted by Crippen LogP contribution is 2.26. The van der Waals surface area contributed by atoms with E-state index < -0.39 is 6.10 Å². The summed E-state index contributed by atoms with van der Waals surface area (Å²) in [6.45, 7) is 3.91. The van der Waals surface area contributed by atoms with Crippen LogP contribution in [0.4, 0.5) is 0 Å². The number of hydrogen-bond donors (Lipinski definition) is 1. The molecule has 0 saturated heterocycles. The lowest BCUT2D eigenvalue weighted by atomic mass is 10.1. The Hall–Kier alpha value is -1.13. The summed E-state index contributed by atoms with van der Waals surface area (Å²) in [6, 6.07) is 5.97. The molecule has 2 rings (SSSR count). The molecule has 2 aromatic rings. The fourth-order valence-corrected chi connectivity index (χ4v) is 2.68. The maximum Gasteiger partial charge on any atom is 0.113 e. The molecule has 0 unspecified atom stereocenters. The minimum Gasteiger partial charge on any atom is -0.389 e. The maximum atomic E-state index is 9.62. The number of benzene rings is 1. The van der Waals surface area contributed by atoms with Crippen molar-refractivity contribution in [1.82, 2.24) is 9.55 Å². The molecule has 0 aliphatic rings. The zero-order valence-electron chi connectivity index (χ0n) is 10.6. The predicted molar refractivity (Wildman–Crippen MR) is 75.9 cm³/mol. The Morgan fingerprint density at radius 1 is 1.44 bits per heavy atom. The number of aliphatic hydroxyl groups excluding tert-OH is 1. The molecule has 0 fully saturated rings. The summed E-state index contributed by atoms with van der Waals surface area (Å²) >= 11 is 3.50. The van der Waals surface area contributed by atoms with E-state index in [1.165, 1.54) is 0 Å². The van der Waals surface area contributed by atoms with Crippen LogP contribution in [-0.4, -0.2) is 14.7 Å². The monoisotopic (exact) mass is 308 g/mol. The quantitative estimate of drug-likeness (QED) is 0.936. The fourth-order valence-electron chi connectivity index (χ4n) is 1.98. The van der Waals surface area contributed by atoms with Gasteiger partial charge < -0.3 is 9.67 Å². The molecule has 3 nitrogen and oxygen atoms in total. The smallest absolute Gasteiger partial charge is 0.113 e. The molecule has 1 N–H and O–H groups in total. The van der Waals surface area contributed by atoms with E-state index in [2.05, 4.69) is 32.4 Å². The van der Waals surface area contributed by atoms with Crippen molar-refractivity contribution in [3.63, 3.8) is 0 Å². The second kappa shape index (κ2) is 5.67. The van der Waals surface area contributed by atoms with E-state index in [4.69, 9.17) is 0 Å². The molecule has 1 heterocycles. The molecule has 1 atom stereocenters. The van der Waals surface area contributed by atoms with Crippen LogP contribution in [0.3, 0.4) is 0 Å². The molecule has 0 spiro atoms. The van der Waals surface area contributed by atoms with Crippen LogP contribution in [0.5, 0.6) is 0 Å². The molecule has 18 heavy (non-hydrogen) atoms. The molecular weight excluding hydrogens is 292 g/mol. The van der Waals surface area contributed by atoms with Gasteiger partial charge in [-0.05, 0) is 31.0 Å². The molecule has 0 aliphatic carbocycles. The van der Waals surface area contributed by atoms with Crippen LogP contribution in [-0.2, 0) is 6.42 Å². The van der Waals surface area contributed by atoms with E-state index in [0.29, 0.717) is 0 Å². The first-order valence-corrected chi connectivity index (χ1v) is 6.93. The van der Waals surface area contributed by atoms with E-state index in [1.807, 2.05) is 30.6 Å². The minimum atomic E-state index is -0.466. The van der Waals surface area contributed by atoms with Gasteiger partial charge in [-0.15, -0.1) is 0 Å². The molecule has 4 heteroatoms. The van der Waals surface area contributed by atoms with Gasteiger partial charge in [0.2, 0.25) is 0 Å². The average Bonchev–Trinajstić information content (AvgIpc) is 2.77. The van der Waals surface area contributed by atoms with E-state index in [9.17, 15) is 5.11 Å². The second-order valence-corrected chi connectivity index (χ2v) is 5.20. The minimum absolute atomic E-state index is 0.466. The topological polar surface area (TPSA) is 38.0 Å². The van der Waals surface area contributed by atoms with Crippen molar-refractivity contribution in [3.05, 3.63) is 46.5 Å². The van der Waals surface area contributed by atoms with Crippen molar-refractivity contribution < 1.29 is 5.11 Å². The maximum absolute atomic E-state index is 9.62. The summed E-state index contributed by atoms with van der Waals surface area (Å²) < 4.78 is 3.01. The Morgan fingerprint density at radius 2 is 2.22 bits per heavy atom. The van der Waals surface area contributed by atoms with Gasteiger partial charge in [-0.25, -0.2) is 4.98 Å². The molecule has 0 amide bonds. The predicted octanol–water partition coefficient (Wildman–Crippen LogP) is 3.64. The van der Waals surface area contributed by atoms with E-state index >= 15 is 0 Å². The van der Waals surface area contributed by atoms with Crippen LogP contribution in [0.15, 0.2) is 35.1 Å². The number of aryl methyl sites for hydroxylation is 1. The summed E-state index contributed by atoms with van der Waals surface area (Å²) in [7, 11) is 0. The van der Waals surface area contributed by atoms with Crippen molar-refractivity contribution in [2.24, 2.45) is 0 Å². The second-order valence-electron chi connectivity index (χ2n) is 4.35. The van der Waals surface area contributed by atoms with Crippen LogP contribution in [0, 0.1) is 0 Å². The summed E-state index contributed by atoms with van der Waals surface area (Å²) in [4.78, 5) is 4.37. The number of imidazole rings is 1. The van der Waals surface area contributed by atoms with Crippen LogP contribution < -0.4 is 0 Å². The van der Waals surface area contributed by atoms with E-state index in [1.54, 1.807) is 6.92 Å². The molecule has 0 radical (unpaired) electrons. The summed E-state index contributed by atoms with van der Waals surface area (Å²) in [5, 5.41) is 9.62. The van der Waals surface area contributed by atoms with Crippen LogP contribution >= 0.6 is 15.9 Å². The first kappa shape index (κ1) is 13.3. The van der Waals surface area contributed by atoms with Gasteiger partial charge in [0.05, 0.1) is 6.10 Å². The van der Waals surface area contributed by atoms with E-state index in [0.717, 1.165) is 34.4 Å². The average molecular weight is 309 g/mol. The fraction of sp³-hybridized carbons (Fsp3) is 0.357. The normalized spacial score (nSPS) is 12.7. The van der Waals surface area contributed by atoms with Crippen LogP contribution in [0.1, 0.15) is 37.8 Å². The Kier molecular flexibility index (Phi) is 4.19. The summed E-state index contributed by atoms with van der Waals surface area (Å²) in [5.41, 5.74) is 1.96. The highest BCUT2D eigenvalue weighted by molar-refractivity contribution is 9.10. The van der Waals surface area contributed by atoms with E-state index in [-0.39, 0.29) is 0 Å². The molecule has 0 aliphatic heterocycles. The van der Waals surface area contributed by atoms with Crippen LogP contribution in [0.2, 0.25) is 0 Å². The van der Waals surface area contributed by atoms with Crippen molar-refractivity contribution in [2.45, 2.75) is 32.8 Å². The molecular formula is C14H17BrN2O. The third-order valence-electron chi connectivity index (χ3n) is 2.90.